The standard InChI is InChI=1S/C21H27N3O3/c1-4-16-10-6-7-11-17(16)22-20(25)14-24(3)15-21(26)23-18-12-8-9-13-19(18)27-5-2/h6-13H,4-5,14-15H2,1-3H3,(H,22,25)(H,23,26). The average Bonchev–Trinajstić information content (AvgIpc) is 2.63. The number of amides is 2. The first-order valence-electron chi connectivity index (χ1n) is 9.11. The van der Waals surface area contributed by atoms with Crippen molar-refractivity contribution < 1.29 is 14.3 Å². The van der Waals surface area contributed by atoms with Crippen LogP contribution >= 0.6 is 0 Å². The largest absolute Gasteiger partial charge is 0.492 e. The number of nitrogens with zero attached hydrogens (tertiary/aromatic N) is 1. The molecule has 2 amide bonds. The third kappa shape index (κ3) is 6.42. The van der Waals surface area contributed by atoms with Crippen LogP contribution in [-0.4, -0.2) is 43.5 Å². The SMILES string of the molecule is CCOc1ccccc1NC(=O)CN(C)CC(=O)Nc1ccccc1CC. The van der Waals surface area contributed by atoms with Gasteiger partial charge in [0.05, 0.1) is 25.4 Å². The van der Waals surface area contributed by atoms with Gasteiger partial charge in [0.1, 0.15) is 5.75 Å². The predicted octanol–water partition coefficient (Wildman–Crippen LogP) is 3.16. The van der Waals surface area contributed by atoms with Crippen molar-refractivity contribution in [1.29, 1.82) is 0 Å². The number of aryl methyl sites for hydroxylation is 1. The van der Waals surface area contributed by atoms with Crippen molar-refractivity contribution in [2.24, 2.45) is 0 Å². The topological polar surface area (TPSA) is 70.7 Å². The van der Waals surface area contributed by atoms with E-state index in [1.807, 2.05) is 50.2 Å². The van der Waals surface area contributed by atoms with Gasteiger partial charge in [-0.25, -0.2) is 0 Å². The van der Waals surface area contributed by atoms with Crippen LogP contribution in [0.15, 0.2) is 48.5 Å². The first-order chi connectivity index (χ1) is 13.0. The molecule has 0 saturated carbocycles. The second kappa shape index (κ2) is 10.3. The van der Waals surface area contributed by atoms with E-state index in [-0.39, 0.29) is 24.9 Å². The molecule has 6 heteroatoms. The molecule has 2 aromatic carbocycles. The van der Waals surface area contributed by atoms with E-state index in [4.69, 9.17) is 4.74 Å². The number of carbonyl (C=O) groups excluding carboxylic acids is 2. The molecular formula is C21H27N3O3. The number of carbonyl (C=O) groups is 2. The molecule has 0 bridgehead atoms. The first-order valence-corrected chi connectivity index (χ1v) is 9.11. The van der Waals surface area contributed by atoms with Crippen molar-refractivity contribution in [3.63, 3.8) is 0 Å². The molecular weight excluding hydrogens is 342 g/mol. The molecule has 6 nitrogen and oxygen atoms in total. The summed E-state index contributed by atoms with van der Waals surface area (Å²) in [6, 6.07) is 15.0. The number of benzene rings is 2. The van der Waals surface area contributed by atoms with Crippen LogP contribution in [-0.2, 0) is 16.0 Å². The first kappa shape index (κ1) is 20.5. The van der Waals surface area contributed by atoms with Crippen LogP contribution < -0.4 is 15.4 Å². The van der Waals surface area contributed by atoms with Crippen molar-refractivity contribution in [3.05, 3.63) is 54.1 Å². The summed E-state index contributed by atoms with van der Waals surface area (Å²) in [6.45, 7) is 4.68. The maximum Gasteiger partial charge on any atom is 0.238 e. The Balaban J connectivity index is 1.87. The fraction of sp³-hybridized carbons (Fsp3) is 0.333. The second-order valence-corrected chi connectivity index (χ2v) is 6.21. The van der Waals surface area contributed by atoms with Crippen LogP contribution in [0.5, 0.6) is 5.75 Å². The highest BCUT2D eigenvalue weighted by atomic mass is 16.5. The molecule has 144 valence electrons. The van der Waals surface area contributed by atoms with Gasteiger partial charge in [0.25, 0.3) is 0 Å². The average molecular weight is 369 g/mol. The molecule has 27 heavy (non-hydrogen) atoms. The number of anilines is 2. The van der Waals surface area contributed by atoms with E-state index in [1.165, 1.54) is 0 Å². The molecule has 0 aromatic heterocycles. The van der Waals surface area contributed by atoms with Gasteiger partial charge in [0.2, 0.25) is 11.8 Å². The summed E-state index contributed by atoms with van der Waals surface area (Å²) in [7, 11) is 1.74. The van der Waals surface area contributed by atoms with Crippen molar-refractivity contribution >= 4 is 23.2 Å². The minimum Gasteiger partial charge on any atom is -0.492 e. The summed E-state index contributed by atoms with van der Waals surface area (Å²) in [5.74, 6) is 0.275. The molecule has 2 N–H and O–H groups in total. The maximum atomic E-state index is 12.3. The van der Waals surface area contributed by atoms with Gasteiger partial charge < -0.3 is 15.4 Å². The number of hydrogen-bond acceptors (Lipinski definition) is 4. The van der Waals surface area contributed by atoms with E-state index in [9.17, 15) is 9.59 Å². The minimum absolute atomic E-state index is 0.100. The molecule has 0 radical (unpaired) electrons. The summed E-state index contributed by atoms with van der Waals surface area (Å²) in [4.78, 5) is 26.2. The van der Waals surface area contributed by atoms with Gasteiger partial charge in [0.15, 0.2) is 0 Å². The molecule has 2 rings (SSSR count). The Hall–Kier alpha value is -2.86. The highest BCUT2D eigenvalue weighted by Crippen LogP contribution is 2.23. The Labute approximate surface area is 160 Å². The minimum atomic E-state index is -0.202. The summed E-state index contributed by atoms with van der Waals surface area (Å²) >= 11 is 0. The van der Waals surface area contributed by atoms with Gasteiger partial charge in [0, 0.05) is 5.69 Å². The third-order valence-corrected chi connectivity index (χ3v) is 3.96. The number of ether oxygens (including phenoxy) is 1. The third-order valence-electron chi connectivity index (χ3n) is 3.96. The van der Waals surface area contributed by atoms with Crippen LogP contribution in [0, 0.1) is 0 Å². The summed E-state index contributed by atoms with van der Waals surface area (Å²) in [5, 5.41) is 5.74. The Kier molecular flexibility index (Phi) is 7.82. The zero-order valence-electron chi connectivity index (χ0n) is 16.1. The summed E-state index contributed by atoms with van der Waals surface area (Å²) < 4.78 is 5.50. The van der Waals surface area contributed by atoms with Crippen molar-refractivity contribution in [3.8, 4) is 5.75 Å². The van der Waals surface area contributed by atoms with Gasteiger partial charge in [-0.15, -0.1) is 0 Å². The van der Waals surface area contributed by atoms with Crippen molar-refractivity contribution in [1.82, 2.24) is 4.90 Å². The summed E-state index contributed by atoms with van der Waals surface area (Å²) in [5.41, 5.74) is 2.52. The lowest BCUT2D eigenvalue weighted by Gasteiger charge is -2.17. The Morgan fingerprint density at radius 3 is 2.07 bits per heavy atom. The van der Waals surface area contributed by atoms with Gasteiger partial charge in [-0.3, -0.25) is 14.5 Å². The Morgan fingerprint density at radius 1 is 0.889 bits per heavy atom. The van der Waals surface area contributed by atoms with Gasteiger partial charge >= 0.3 is 0 Å². The number of likely N-dealkylation sites (N-methyl/N-ethyl adjacent to an activating group) is 1. The van der Waals surface area contributed by atoms with E-state index in [2.05, 4.69) is 10.6 Å². The van der Waals surface area contributed by atoms with E-state index < -0.39 is 0 Å². The Morgan fingerprint density at radius 2 is 1.44 bits per heavy atom. The van der Waals surface area contributed by atoms with E-state index in [1.54, 1.807) is 24.1 Å². The zero-order chi connectivity index (χ0) is 19.6. The van der Waals surface area contributed by atoms with Crippen LogP contribution in [0.25, 0.3) is 0 Å². The molecule has 0 unspecified atom stereocenters. The number of hydrogen-bond donors (Lipinski definition) is 2. The number of nitrogens with one attached hydrogen (secondary N) is 2. The van der Waals surface area contributed by atoms with E-state index in [0.29, 0.717) is 18.0 Å². The molecule has 0 spiro atoms. The second-order valence-electron chi connectivity index (χ2n) is 6.21. The molecule has 0 aliphatic carbocycles. The lowest BCUT2D eigenvalue weighted by Crippen LogP contribution is -2.36. The van der Waals surface area contributed by atoms with Crippen LogP contribution in [0.1, 0.15) is 19.4 Å². The molecule has 2 aromatic rings. The Bertz CT molecular complexity index is 777. The highest BCUT2D eigenvalue weighted by Gasteiger charge is 2.13. The number of para-hydroxylation sites is 3. The van der Waals surface area contributed by atoms with Crippen LogP contribution in [0.4, 0.5) is 11.4 Å². The molecule has 0 aliphatic heterocycles. The zero-order valence-corrected chi connectivity index (χ0v) is 16.1. The summed E-state index contributed by atoms with van der Waals surface area (Å²) in [6.07, 6.45) is 0.841. The van der Waals surface area contributed by atoms with Crippen molar-refractivity contribution in [2.45, 2.75) is 20.3 Å². The van der Waals surface area contributed by atoms with Crippen LogP contribution in [0.2, 0.25) is 0 Å². The normalized spacial score (nSPS) is 10.5. The van der Waals surface area contributed by atoms with Crippen molar-refractivity contribution in [2.75, 3.05) is 37.4 Å². The fourth-order valence-corrected chi connectivity index (χ4v) is 2.73. The maximum absolute atomic E-state index is 12.3. The smallest absolute Gasteiger partial charge is 0.238 e. The van der Waals surface area contributed by atoms with Gasteiger partial charge in [-0.2, -0.15) is 0 Å². The van der Waals surface area contributed by atoms with Gasteiger partial charge in [-0.1, -0.05) is 37.3 Å². The quantitative estimate of drug-likeness (QED) is 0.712. The molecule has 0 fully saturated rings. The lowest BCUT2D eigenvalue weighted by atomic mass is 10.1. The lowest BCUT2D eigenvalue weighted by molar-refractivity contribution is -0.119. The van der Waals surface area contributed by atoms with E-state index in [0.717, 1.165) is 17.7 Å². The molecule has 0 saturated heterocycles. The highest BCUT2D eigenvalue weighted by molar-refractivity contribution is 5.95. The van der Waals surface area contributed by atoms with Gasteiger partial charge in [-0.05, 0) is 44.2 Å². The fourth-order valence-electron chi connectivity index (χ4n) is 2.73. The van der Waals surface area contributed by atoms with Crippen LogP contribution in [0.3, 0.4) is 0 Å². The van der Waals surface area contributed by atoms with E-state index >= 15 is 0 Å². The number of rotatable bonds is 9. The molecule has 0 aliphatic rings. The molecule has 0 atom stereocenters. The molecule has 0 heterocycles. The monoisotopic (exact) mass is 369 g/mol. The predicted molar refractivity (Wildman–Crippen MR) is 108 cm³/mol.